The number of nitrogens with one attached hydrogen (secondary N) is 1. The molecule has 0 amide bonds. The summed E-state index contributed by atoms with van der Waals surface area (Å²) in [5.41, 5.74) is 1.30. The first-order valence-electron chi connectivity index (χ1n) is 6.20. The van der Waals surface area contributed by atoms with E-state index in [0.717, 1.165) is 31.8 Å². The van der Waals surface area contributed by atoms with Crippen molar-refractivity contribution in [1.82, 2.24) is 5.32 Å². The molecule has 1 rings (SSSR count). The predicted octanol–water partition coefficient (Wildman–Crippen LogP) is 2.77. The summed E-state index contributed by atoms with van der Waals surface area (Å²) in [6.07, 6.45) is 2.16. The minimum Gasteiger partial charge on any atom is -0.497 e. The van der Waals surface area contributed by atoms with Crippen LogP contribution in [0.4, 0.5) is 0 Å². The Morgan fingerprint density at radius 1 is 1.24 bits per heavy atom. The van der Waals surface area contributed by atoms with Crippen LogP contribution < -0.4 is 10.1 Å². The molecule has 96 valence electrons. The number of ether oxygens (including phenoxy) is 2. The lowest BCUT2D eigenvalue weighted by atomic mass is 10.0. The molecule has 0 aromatic heterocycles. The molecule has 0 aliphatic heterocycles. The minimum absolute atomic E-state index is 0.390. The van der Waals surface area contributed by atoms with E-state index in [2.05, 4.69) is 17.4 Å². The molecule has 0 saturated heterocycles. The fourth-order valence-corrected chi connectivity index (χ4v) is 1.85. The molecule has 0 radical (unpaired) electrons. The van der Waals surface area contributed by atoms with E-state index >= 15 is 0 Å². The van der Waals surface area contributed by atoms with Gasteiger partial charge in [0, 0.05) is 19.3 Å². The predicted molar refractivity (Wildman–Crippen MR) is 70.5 cm³/mol. The summed E-state index contributed by atoms with van der Waals surface area (Å²) in [4.78, 5) is 0. The first-order valence-corrected chi connectivity index (χ1v) is 6.20. The van der Waals surface area contributed by atoms with Crippen molar-refractivity contribution in [2.45, 2.75) is 25.8 Å². The summed E-state index contributed by atoms with van der Waals surface area (Å²) in [6, 6.07) is 8.62. The van der Waals surface area contributed by atoms with Crippen molar-refractivity contribution in [2.24, 2.45) is 0 Å². The van der Waals surface area contributed by atoms with E-state index in [1.54, 1.807) is 7.11 Å². The third-order valence-corrected chi connectivity index (χ3v) is 2.85. The number of hydrogen-bond acceptors (Lipinski definition) is 3. The van der Waals surface area contributed by atoms with Crippen LogP contribution in [0.25, 0.3) is 0 Å². The van der Waals surface area contributed by atoms with Gasteiger partial charge in [0.25, 0.3) is 0 Å². The van der Waals surface area contributed by atoms with Crippen LogP contribution in [-0.4, -0.2) is 27.4 Å². The van der Waals surface area contributed by atoms with E-state index < -0.39 is 0 Å². The summed E-state index contributed by atoms with van der Waals surface area (Å²) < 4.78 is 10.5. The molecule has 17 heavy (non-hydrogen) atoms. The van der Waals surface area contributed by atoms with Crippen LogP contribution in [0.5, 0.6) is 5.75 Å². The van der Waals surface area contributed by atoms with Crippen LogP contribution in [0, 0.1) is 0 Å². The molecule has 1 aromatic carbocycles. The van der Waals surface area contributed by atoms with Crippen LogP contribution >= 0.6 is 0 Å². The fraction of sp³-hybridized carbons (Fsp3) is 0.571. The second-order valence-corrected chi connectivity index (χ2v) is 3.95. The zero-order chi connectivity index (χ0) is 12.5. The van der Waals surface area contributed by atoms with Crippen molar-refractivity contribution in [2.75, 3.05) is 27.4 Å². The highest BCUT2D eigenvalue weighted by molar-refractivity contribution is 5.29. The molecule has 0 fully saturated rings. The maximum atomic E-state index is 5.35. The third kappa shape index (κ3) is 4.75. The molecule has 3 heteroatoms. The summed E-state index contributed by atoms with van der Waals surface area (Å²) in [5, 5.41) is 3.34. The lowest BCUT2D eigenvalue weighted by Crippen LogP contribution is -2.16. The van der Waals surface area contributed by atoms with Gasteiger partial charge in [0.1, 0.15) is 5.75 Å². The maximum absolute atomic E-state index is 5.35. The highest BCUT2D eigenvalue weighted by Gasteiger charge is 2.08. The lowest BCUT2D eigenvalue weighted by Gasteiger charge is -2.16. The van der Waals surface area contributed by atoms with E-state index in [1.165, 1.54) is 5.56 Å². The molecule has 0 heterocycles. The van der Waals surface area contributed by atoms with Gasteiger partial charge in [-0.05, 0) is 44.5 Å². The lowest BCUT2D eigenvalue weighted by molar-refractivity contribution is 0.141. The molecular weight excluding hydrogens is 214 g/mol. The highest BCUT2D eigenvalue weighted by atomic mass is 16.5. The summed E-state index contributed by atoms with van der Waals surface area (Å²) in [7, 11) is 3.68. The Labute approximate surface area is 104 Å². The Hall–Kier alpha value is -1.06. The number of rotatable bonds is 8. The van der Waals surface area contributed by atoms with Crippen LogP contribution in [-0.2, 0) is 4.74 Å². The second kappa shape index (κ2) is 8.09. The molecule has 0 bridgehead atoms. The van der Waals surface area contributed by atoms with Gasteiger partial charge >= 0.3 is 0 Å². The van der Waals surface area contributed by atoms with E-state index in [4.69, 9.17) is 9.47 Å². The van der Waals surface area contributed by atoms with Crippen molar-refractivity contribution in [3.05, 3.63) is 29.8 Å². The van der Waals surface area contributed by atoms with Gasteiger partial charge in [-0.25, -0.2) is 0 Å². The van der Waals surface area contributed by atoms with E-state index in [0.29, 0.717) is 6.04 Å². The van der Waals surface area contributed by atoms with Gasteiger partial charge < -0.3 is 14.8 Å². The molecule has 0 saturated carbocycles. The molecule has 0 aliphatic carbocycles. The smallest absolute Gasteiger partial charge is 0.118 e. The Kier molecular flexibility index (Phi) is 6.67. The maximum Gasteiger partial charge on any atom is 0.118 e. The van der Waals surface area contributed by atoms with Gasteiger partial charge in [0.15, 0.2) is 0 Å². The van der Waals surface area contributed by atoms with E-state index in [-0.39, 0.29) is 0 Å². The standard InChI is InChI=1S/C14H23NO2/c1-4-17-11-5-6-14(15-2)12-7-9-13(16-3)10-8-12/h7-10,14-15H,4-6,11H2,1-3H3. The largest absolute Gasteiger partial charge is 0.497 e. The molecule has 0 aliphatic rings. The van der Waals surface area contributed by atoms with Gasteiger partial charge in [0.2, 0.25) is 0 Å². The molecule has 1 aromatic rings. The van der Waals surface area contributed by atoms with Crippen molar-refractivity contribution in [3.8, 4) is 5.75 Å². The van der Waals surface area contributed by atoms with Gasteiger partial charge in [-0.2, -0.15) is 0 Å². The number of methoxy groups -OCH3 is 1. The fourth-order valence-electron chi connectivity index (χ4n) is 1.85. The van der Waals surface area contributed by atoms with Gasteiger partial charge in [-0.15, -0.1) is 0 Å². The van der Waals surface area contributed by atoms with E-state index in [9.17, 15) is 0 Å². The molecule has 1 atom stereocenters. The Morgan fingerprint density at radius 2 is 1.94 bits per heavy atom. The molecule has 1 unspecified atom stereocenters. The van der Waals surface area contributed by atoms with Crippen LogP contribution in [0.3, 0.4) is 0 Å². The van der Waals surface area contributed by atoms with Crippen LogP contribution in [0.1, 0.15) is 31.4 Å². The average molecular weight is 237 g/mol. The number of hydrogen-bond donors (Lipinski definition) is 1. The Balaban J connectivity index is 2.47. The van der Waals surface area contributed by atoms with Gasteiger partial charge in [-0.1, -0.05) is 12.1 Å². The van der Waals surface area contributed by atoms with Crippen molar-refractivity contribution in [1.29, 1.82) is 0 Å². The normalized spacial score (nSPS) is 12.4. The summed E-state index contributed by atoms with van der Waals surface area (Å²) in [6.45, 7) is 3.66. The first kappa shape index (κ1) is 14.0. The molecule has 3 nitrogen and oxygen atoms in total. The average Bonchev–Trinajstić information content (AvgIpc) is 2.39. The molecule has 0 spiro atoms. The zero-order valence-corrected chi connectivity index (χ0v) is 11.0. The topological polar surface area (TPSA) is 30.5 Å². The molecule has 1 N–H and O–H groups in total. The van der Waals surface area contributed by atoms with E-state index in [1.807, 2.05) is 26.1 Å². The van der Waals surface area contributed by atoms with Gasteiger partial charge in [0.05, 0.1) is 7.11 Å². The van der Waals surface area contributed by atoms with Crippen molar-refractivity contribution in [3.63, 3.8) is 0 Å². The quantitative estimate of drug-likeness (QED) is 0.705. The Bertz CT molecular complexity index is 298. The Morgan fingerprint density at radius 3 is 2.47 bits per heavy atom. The molecular formula is C14H23NO2. The first-order chi connectivity index (χ1) is 8.31. The minimum atomic E-state index is 0.390. The SMILES string of the molecule is CCOCCCC(NC)c1ccc(OC)cc1. The van der Waals surface area contributed by atoms with Gasteiger partial charge in [-0.3, -0.25) is 0 Å². The monoisotopic (exact) mass is 237 g/mol. The second-order valence-electron chi connectivity index (χ2n) is 3.95. The summed E-state index contributed by atoms with van der Waals surface area (Å²) >= 11 is 0. The third-order valence-electron chi connectivity index (χ3n) is 2.85. The van der Waals surface area contributed by atoms with Crippen molar-refractivity contribution < 1.29 is 9.47 Å². The number of benzene rings is 1. The summed E-state index contributed by atoms with van der Waals surface area (Å²) in [5.74, 6) is 0.901. The van der Waals surface area contributed by atoms with Crippen LogP contribution in [0.2, 0.25) is 0 Å². The zero-order valence-electron chi connectivity index (χ0n) is 11.0. The highest BCUT2D eigenvalue weighted by Crippen LogP contribution is 2.21. The van der Waals surface area contributed by atoms with Crippen molar-refractivity contribution >= 4 is 0 Å². The van der Waals surface area contributed by atoms with Crippen LogP contribution in [0.15, 0.2) is 24.3 Å².